The molecule has 0 fully saturated rings. The van der Waals surface area contributed by atoms with Gasteiger partial charge in [-0.15, -0.1) is 0 Å². The molecule has 0 unspecified atom stereocenters. The molecule has 0 saturated carbocycles. The van der Waals surface area contributed by atoms with E-state index in [1.165, 1.54) is 11.8 Å². The number of nitrogens with zero attached hydrogens (tertiary/aromatic N) is 5. The molecule has 10 nitrogen and oxygen atoms in total. The lowest BCUT2D eigenvalue weighted by atomic mass is 10.3. The Morgan fingerprint density at radius 3 is 2.52 bits per heavy atom. The van der Waals surface area contributed by atoms with Crippen LogP contribution in [-0.4, -0.2) is 58.1 Å². The number of carbonyl (C=O) groups excluding carboxylic acids is 1. The zero-order valence-corrected chi connectivity index (χ0v) is 18.8. The van der Waals surface area contributed by atoms with Gasteiger partial charge in [0.15, 0.2) is 11.0 Å². The Bertz CT molecular complexity index is 1010. The third-order valence-corrected chi connectivity index (χ3v) is 4.87. The Morgan fingerprint density at radius 2 is 1.87 bits per heavy atom. The van der Waals surface area contributed by atoms with Gasteiger partial charge in [0.2, 0.25) is 17.8 Å². The lowest BCUT2D eigenvalue weighted by Crippen LogP contribution is -2.21. The Balaban J connectivity index is 1.76. The first-order valence-electron chi connectivity index (χ1n) is 9.84. The lowest BCUT2D eigenvalue weighted by Gasteiger charge is -2.12. The molecule has 3 rings (SSSR count). The van der Waals surface area contributed by atoms with Crippen LogP contribution in [0.5, 0.6) is 0 Å². The molecule has 31 heavy (non-hydrogen) atoms. The molecule has 0 bridgehead atoms. The number of aromatic nitrogens is 4. The lowest BCUT2D eigenvalue weighted by molar-refractivity contribution is -0.115. The summed E-state index contributed by atoms with van der Waals surface area (Å²) in [5.41, 5.74) is 0.752. The summed E-state index contributed by atoms with van der Waals surface area (Å²) in [5.74, 6) is 2.02. The zero-order valence-electron chi connectivity index (χ0n) is 18.0. The van der Waals surface area contributed by atoms with Crippen LogP contribution in [0.1, 0.15) is 19.1 Å². The molecule has 2 heterocycles. The predicted octanol–water partition coefficient (Wildman–Crippen LogP) is 3.38. The van der Waals surface area contributed by atoms with Crippen molar-refractivity contribution >= 4 is 41.1 Å². The first-order chi connectivity index (χ1) is 14.9. The van der Waals surface area contributed by atoms with Gasteiger partial charge in [-0.3, -0.25) is 4.79 Å². The second-order valence-electron chi connectivity index (χ2n) is 6.97. The van der Waals surface area contributed by atoms with Gasteiger partial charge < -0.3 is 25.4 Å². The van der Waals surface area contributed by atoms with Crippen LogP contribution >= 0.6 is 11.8 Å². The summed E-state index contributed by atoms with van der Waals surface area (Å²) in [7, 11) is 4.01. The van der Waals surface area contributed by atoms with Crippen molar-refractivity contribution in [1.82, 2.24) is 25.0 Å². The quantitative estimate of drug-likeness (QED) is 0.431. The molecule has 1 aromatic carbocycles. The van der Waals surface area contributed by atoms with E-state index in [0.717, 1.165) is 17.1 Å². The standard InChI is InChI=1S/C20H26N8O2S/c1-5-17(29)22-14-6-8-15(9-7-14)31-20-25-18(21-10-11-28(3)4)24-19(26-20)23-16-12-13(2)30-27-16/h6-9,12H,5,10-11H2,1-4H3,(H,22,29)(H2,21,23,24,25,26,27). The Labute approximate surface area is 185 Å². The van der Waals surface area contributed by atoms with E-state index < -0.39 is 0 Å². The molecule has 0 aliphatic carbocycles. The van der Waals surface area contributed by atoms with E-state index in [2.05, 4.69) is 41.0 Å². The highest BCUT2D eigenvalue weighted by atomic mass is 32.2. The fraction of sp³-hybridized carbons (Fsp3) is 0.350. The molecular formula is C20H26N8O2S. The summed E-state index contributed by atoms with van der Waals surface area (Å²) in [6.45, 7) is 5.16. The number of benzene rings is 1. The van der Waals surface area contributed by atoms with Crippen LogP contribution in [0, 0.1) is 6.92 Å². The van der Waals surface area contributed by atoms with Gasteiger partial charge in [0.25, 0.3) is 0 Å². The highest BCUT2D eigenvalue weighted by Gasteiger charge is 2.11. The SMILES string of the molecule is CCC(=O)Nc1ccc(Sc2nc(NCCN(C)C)nc(Nc3cc(C)on3)n2)cc1. The Hall–Kier alpha value is -3.18. The van der Waals surface area contributed by atoms with Crippen molar-refractivity contribution in [2.75, 3.05) is 43.1 Å². The van der Waals surface area contributed by atoms with E-state index in [9.17, 15) is 4.79 Å². The minimum atomic E-state index is -0.0230. The van der Waals surface area contributed by atoms with Gasteiger partial charge in [0, 0.05) is 36.2 Å². The molecule has 0 aliphatic rings. The van der Waals surface area contributed by atoms with Crippen molar-refractivity contribution in [1.29, 1.82) is 0 Å². The smallest absolute Gasteiger partial charge is 0.234 e. The molecule has 2 aromatic heterocycles. The number of hydrogen-bond acceptors (Lipinski definition) is 10. The summed E-state index contributed by atoms with van der Waals surface area (Å²) >= 11 is 1.40. The molecule has 0 aliphatic heterocycles. The summed E-state index contributed by atoms with van der Waals surface area (Å²) < 4.78 is 5.09. The Kier molecular flexibility index (Phi) is 7.79. The van der Waals surface area contributed by atoms with Crippen molar-refractivity contribution in [3.63, 3.8) is 0 Å². The second kappa shape index (κ2) is 10.7. The van der Waals surface area contributed by atoms with Gasteiger partial charge >= 0.3 is 0 Å². The van der Waals surface area contributed by atoms with Crippen molar-refractivity contribution in [2.24, 2.45) is 0 Å². The van der Waals surface area contributed by atoms with E-state index in [1.807, 2.05) is 52.2 Å². The number of nitrogens with one attached hydrogen (secondary N) is 3. The van der Waals surface area contributed by atoms with Crippen molar-refractivity contribution in [3.05, 3.63) is 36.1 Å². The number of amides is 1. The van der Waals surface area contributed by atoms with E-state index in [0.29, 0.717) is 41.6 Å². The summed E-state index contributed by atoms with van der Waals surface area (Å²) in [6, 6.07) is 9.29. The third-order valence-electron chi connectivity index (χ3n) is 3.99. The topological polar surface area (TPSA) is 121 Å². The average molecular weight is 443 g/mol. The minimum absolute atomic E-state index is 0.0230. The Morgan fingerprint density at radius 1 is 1.13 bits per heavy atom. The van der Waals surface area contributed by atoms with Crippen LogP contribution in [0.3, 0.4) is 0 Å². The summed E-state index contributed by atoms with van der Waals surface area (Å²) in [5, 5.41) is 13.6. The zero-order chi connectivity index (χ0) is 22.2. The van der Waals surface area contributed by atoms with Crippen LogP contribution in [0.25, 0.3) is 0 Å². The van der Waals surface area contributed by atoms with Gasteiger partial charge in [0.05, 0.1) is 0 Å². The van der Waals surface area contributed by atoms with Gasteiger partial charge in [0.1, 0.15) is 5.76 Å². The summed E-state index contributed by atoms with van der Waals surface area (Å²) in [6.07, 6.45) is 0.436. The van der Waals surface area contributed by atoms with E-state index in [1.54, 1.807) is 6.07 Å². The molecular weight excluding hydrogens is 416 g/mol. The van der Waals surface area contributed by atoms with Crippen LogP contribution < -0.4 is 16.0 Å². The van der Waals surface area contributed by atoms with Crippen molar-refractivity contribution in [3.8, 4) is 0 Å². The third kappa shape index (κ3) is 7.23. The van der Waals surface area contributed by atoms with Gasteiger partial charge in [-0.05, 0) is 57.0 Å². The first kappa shape index (κ1) is 22.5. The van der Waals surface area contributed by atoms with Crippen LogP contribution in [0.15, 0.2) is 44.9 Å². The van der Waals surface area contributed by atoms with Gasteiger partial charge in [-0.2, -0.15) is 15.0 Å². The molecule has 0 saturated heterocycles. The van der Waals surface area contributed by atoms with E-state index in [4.69, 9.17) is 4.52 Å². The number of anilines is 4. The molecule has 3 aromatic rings. The normalized spacial score (nSPS) is 10.9. The largest absolute Gasteiger partial charge is 0.360 e. The van der Waals surface area contributed by atoms with Gasteiger partial charge in [-0.25, -0.2) is 0 Å². The van der Waals surface area contributed by atoms with Crippen molar-refractivity contribution < 1.29 is 9.32 Å². The maximum atomic E-state index is 11.5. The monoisotopic (exact) mass is 442 g/mol. The highest BCUT2D eigenvalue weighted by Crippen LogP contribution is 2.27. The predicted molar refractivity (Wildman–Crippen MR) is 121 cm³/mol. The van der Waals surface area contributed by atoms with Crippen LogP contribution in [0.2, 0.25) is 0 Å². The number of rotatable bonds is 10. The molecule has 3 N–H and O–H groups in total. The highest BCUT2D eigenvalue weighted by molar-refractivity contribution is 7.99. The molecule has 164 valence electrons. The fourth-order valence-electron chi connectivity index (χ4n) is 2.43. The van der Waals surface area contributed by atoms with Crippen molar-refractivity contribution in [2.45, 2.75) is 30.3 Å². The van der Waals surface area contributed by atoms with Crippen LogP contribution in [0.4, 0.5) is 23.4 Å². The molecule has 0 spiro atoms. The number of carbonyl (C=O) groups is 1. The van der Waals surface area contributed by atoms with Crippen LogP contribution in [-0.2, 0) is 4.79 Å². The number of aryl methyl sites for hydroxylation is 1. The average Bonchev–Trinajstić information content (AvgIpc) is 3.13. The maximum absolute atomic E-state index is 11.5. The summed E-state index contributed by atoms with van der Waals surface area (Å²) in [4.78, 5) is 28.0. The van der Waals surface area contributed by atoms with E-state index >= 15 is 0 Å². The maximum Gasteiger partial charge on any atom is 0.234 e. The molecule has 0 radical (unpaired) electrons. The fourth-order valence-corrected chi connectivity index (χ4v) is 3.18. The van der Waals surface area contributed by atoms with E-state index in [-0.39, 0.29) is 5.91 Å². The molecule has 0 atom stereocenters. The number of hydrogen-bond donors (Lipinski definition) is 3. The number of likely N-dealkylation sites (N-methyl/N-ethyl adjacent to an activating group) is 1. The molecule has 11 heteroatoms. The second-order valence-corrected chi connectivity index (χ2v) is 8.01. The van der Waals surface area contributed by atoms with Gasteiger partial charge in [-0.1, -0.05) is 12.1 Å². The first-order valence-corrected chi connectivity index (χ1v) is 10.7. The minimum Gasteiger partial charge on any atom is -0.360 e. The molecule has 1 amide bonds.